The summed E-state index contributed by atoms with van der Waals surface area (Å²) in [5.74, 6) is 2.44. The molecule has 0 spiro atoms. The molecule has 0 unspecified atom stereocenters. The van der Waals surface area contributed by atoms with Gasteiger partial charge in [0.2, 0.25) is 0 Å². The fraction of sp³-hybridized carbons (Fsp3) is 0.257. The number of ketones is 1. The number of methoxy groups -OCH3 is 1. The van der Waals surface area contributed by atoms with E-state index in [-0.39, 0.29) is 5.78 Å². The van der Waals surface area contributed by atoms with Crippen LogP contribution in [0.2, 0.25) is 0 Å². The third kappa shape index (κ3) is 7.02. The predicted octanol–water partition coefficient (Wildman–Crippen LogP) is 8.50. The summed E-state index contributed by atoms with van der Waals surface area (Å²) in [7, 11) is 1.69. The van der Waals surface area contributed by atoms with E-state index in [0.717, 1.165) is 54.7 Å². The standard InChI is InChI=1S/C35H35NO3/c1-25-36-24-35(39-25)33-19-16-29(23-34(33)38-2)20-26-8-6-10-27(11-7-9-26)21-32(37)22-28-14-17-31(18-15-28)30-12-4-3-5-13-30/h3-5,8,11-19,23-24H,6-7,9-10,20-22H2,1-2H3/b26-8+,27-11+. The Labute approximate surface area is 231 Å². The topological polar surface area (TPSA) is 52.3 Å². The third-order valence-corrected chi connectivity index (χ3v) is 7.27. The number of carbonyl (C=O) groups excluding carboxylic acids is 1. The van der Waals surface area contributed by atoms with Gasteiger partial charge in [-0.1, -0.05) is 84.0 Å². The molecule has 3 aromatic carbocycles. The molecule has 0 fully saturated rings. The van der Waals surface area contributed by atoms with E-state index in [2.05, 4.69) is 71.7 Å². The monoisotopic (exact) mass is 517 g/mol. The van der Waals surface area contributed by atoms with Gasteiger partial charge >= 0.3 is 0 Å². The zero-order valence-electron chi connectivity index (χ0n) is 22.8. The Morgan fingerprint density at radius 3 is 2.26 bits per heavy atom. The van der Waals surface area contributed by atoms with Crippen molar-refractivity contribution in [3.63, 3.8) is 0 Å². The molecule has 4 nitrogen and oxygen atoms in total. The molecule has 1 heterocycles. The Morgan fingerprint density at radius 1 is 0.846 bits per heavy atom. The van der Waals surface area contributed by atoms with Crippen molar-refractivity contribution in [3.8, 4) is 28.2 Å². The number of Topliss-reactive ketones (excluding diaryl/α,β-unsaturated/α-hetero) is 1. The SMILES string of the molecule is COc1cc(C/C2=C/CC/C(CC(=O)Cc3ccc(-c4ccccc4)cc3)=C\CC2)ccc1-c1cnc(C)o1. The molecule has 1 aliphatic carbocycles. The zero-order valence-corrected chi connectivity index (χ0v) is 22.8. The van der Waals surface area contributed by atoms with Gasteiger partial charge in [0.1, 0.15) is 11.5 Å². The van der Waals surface area contributed by atoms with Crippen LogP contribution in [0.4, 0.5) is 0 Å². The molecule has 39 heavy (non-hydrogen) atoms. The van der Waals surface area contributed by atoms with Crippen molar-refractivity contribution < 1.29 is 13.9 Å². The van der Waals surface area contributed by atoms with Crippen molar-refractivity contribution in [2.24, 2.45) is 0 Å². The molecule has 5 rings (SSSR count). The largest absolute Gasteiger partial charge is 0.496 e. The van der Waals surface area contributed by atoms with Crippen LogP contribution in [0, 0.1) is 6.92 Å². The lowest BCUT2D eigenvalue weighted by Crippen LogP contribution is -2.05. The van der Waals surface area contributed by atoms with Crippen LogP contribution in [0.25, 0.3) is 22.5 Å². The number of allylic oxidation sites excluding steroid dienone is 4. The molecule has 198 valence electrons. The first-order valence-electron chi connectivity index (χ1n) is 13.7. The molecule has 0 bridgehead atoms. The van der Waals surface area contributed by atoms with Crippen LogP contribution in [0.5, 0.6) is 5.75 Å². The number of hydrogen-bond donors (Lipinski definition) is 0. The van der Waals surface area contributed by atoms with E-state index >= 15 is 0 Å². The van der Waals surface area contributed by atoms with Crippen molar-refractivity contribution in [1.29, 1.82) is 0 Å². The molecule has 0 N–H and O–H groups in total. The molecule has 0 radical (unpaired) electrons. The highest BCUT2D eigenvalue weighted by molar-refractivity contribution is 5.83. The van der Waals surface area contributed by atoms with Crippen LogP contribution >= 0.6 is 0 Å². The van der Waals surface area contributed by atoms with Crippen molar-refractivity contribution >= 4 is 5.78 Å². The second kappa shape index (κ2) is 12.6. The number of aromatic nitrogens is 1. The number of carbonyl (C=O) groups is 1. The highest BCUT2D eigenvalue weighted by atomic mass is 16.5. The lowest BCUT2D eigenvalue weighted by molar-refractivity contribution is -0.117. The number of benzene rings is 3. The maximum absolute atomic E-state index is 12.9. The maximum atomic E-state index is 12.9. The van der Waals surface area contributed by atoms with E-state index < -0.39 is 0 Å². The molecular weight excluding hydrogens is 482 g/mol. The van der Waals surface area contributed by atoms with Crippen LogP contribution in [-0.4, -0.2) is 17.9 Å². The first-order valence-corrected chi connectivity index (χ1v) is 13.7. The van der Waals surface area contributed by atoms with Crippen molar-refractivity contribution in [2.45, 2.75) is 51.9 Å². The number of hydrogen-bond acceptors (Lipinski definition) is 4. The van der Waals surface area contributed by atoms with Crippen LogP contribution in [0.1, 0.15) is 49.1 Å². The summed E-state index contributed by atoms with van der Waals surface area (Å²) in [6.45, 7) is 1.84. The first kappa shape index (κ1) is 26.4. The van der Waals surface area contributed by atoms with Gasteiger partial charge in [-0.25, -0.2) is 4.98 Å². The number of aryl methyl sites for hydroxylation is 1. The average Bonchev–Trinajstić information content (AvgIpc) is 3.38. The maximum Gasteiger partial charge on any atom is 0.191 e. The van der Waals surface area contributed by atoms with Gasteiger partial charge in [0.25, 0.3) is 0 Å². The number of rotatable bonds is 9. The number of oxazole rings is 1. The zero-order chi connectivity index (χ0) is 27.0. The molecule has 0 saturated carbocycles. The van der Waals surface area contributed by atoms with Crippen LogP contribution in [0.3, 0.4) is 0 Å². The average molecular weight is 518 g/mol. The van der Waals surface area contributed by atoms with Gasteiger partial charge in [-0.3, -0.25) is 4.79 Å². The summed E-state index contributed by atoms with van der Waals surface area (Å²) in [5.41, 5.74) is 8.28. The van der Waals surface area contributed by atoms with Crippen molar-refractivity contribution in [2.75, 3.05) is 7.11 Å². The fourth-order valence-corrected chi connectivity index (χ4v) is 5.23. The Bertz CT molecular complexity index is 1480. The summed E-state index contributed by atoms with van der Waals surface area (Å²) >= 11 is 0. The highest BCUT2D eigenvalue weighted by Crippen LogP contribution is 2.32. The molecule has 0 saturated heterocycles. The molecule has 1 aliphatic rings. The Morgan fingerprint density at radius 2 is 1.54 bits per heavy atom. The van der Waals surface area contributed by atoms with Gasteiger partial charge in [0.05, 0.1) is 18.9 Å². The van der Waals surface area contributed by atoms with E-state index in [9.17, 15) is 4.79 Å². The Hall–Kier alpha value is -4.18. The highest BCUT2D eigenvalue weighted by Gasteiger charge is 2.13. The van der Waals surface area contributed by atoms with Crippen molar-refractivity contribution in [3.05, 3.63) is 119 Å². The number of nitrogens with zero attached hydrogens (tertiary/aromatic N) is 1. The van der Waals surface area contributed by atoms with Gasteiger partial charge in [0, 0.05) is 19.8 Å². The van der Waals surface area contributed by atoms with Gasteiger partial charge in [-0.05, 0) is 66.5 Å². The van der Waals surface area contributed by atoms with Crippen LogP contribution in [-0.2, 0) is 17.6 Å². The van der Waals surface area contributed by atoms with E-state index in [1.54, 1.807) is 13.3 Å². The summed E-state index contributed by atoms with van der Waals surface area (Å²) < 4.78 is 11.3. The third-order valence-electron chi connectivity index (χ3n) is 7.27. The van der Waals surface area contributed by atoms with Crippen LogP contribution < -0.4 is 4.74 Å². The Balaban J connectivity index is 1.13. The predicted molar refractivity (Wildman–Crippen MR) is 157 cm³/mol. The van der Waals surface area contributed by atoms with Gasteiger partial charge in [-0.15, -0.1) is 0 Å². The minimum atomic E-state index is 0.285. The second-order valence-corrected chi connectivity index (χ2v) is 10.2. The quantitative estimate of drug-likeness (QED) is 0.209. The van der Waals surface area contributed by atoms with Gasteiger partial charge in [-0.2, -0.15) is 0 Å². The molecule has 0 aliphatic heterocycles. The summed E-state index contributed by atoms with van der Waals surface area (Å²) in [6, 6.07) is 25.0. The van der Waals surface area contributed by atoms with E-state index in [0.29, 0.717) is 18.7 Å². The molecule has 4 heteroatoms. The van der Waals surface area contributed by atoms with Crippen molar-refractivity contribution in [1.82, 2.24) is 4.98 Å². The Kier molecular flexibility index (Phi) is 8.52. The molecule has 4 aromatic rings. The lowest BCUT2D eigenvalue weighted by atomic mass is 9.92. The van der Waals surface area contributed by atoms with Gasteiger partial charge in [0.15, 0.2) is 11.7 Å². The number of ether oxygens (including phenoxy) is 1. The summed E-state index contributed by atoms with van der Waals surface area (Å²) in [4.78, 5) is 17.1. The fourth-order valence-electron chi connectivity index (χ4n) is 5.23. The molecule has 1 aromatic heterocycles. The van der Waals surface area contributed by atoms with E-state index in [4.69, 9.17) is 9.15 Å². The summed E-state index contributed by atoms with van der Waals surface area (Å²) in [6.07, 6.45) is 12.2. The smallest absolute Gasteiger partial charge is 0.191 e. The molecule has 0 amide bonds. The van der Waals surface area contributed by atoms with E-state index in [1.165, 1.54) is 27.8 Å². The normalized spacial score (nSPS) is 16.4. The second-order valence-electron chi connectivity index (χ2n) is 10.2. The van der Waals surface area contributed by atoms with Crippen LogP contribution in [0.15, 0.2) is 107 Å². The minimum absolute atomic E-state index is 0.285. The first-order chi connectivity index (χ1) is 19.1. The molecular formula is C35H35NO3. The van der Waals surface area contributed by atoms with E-state index in [1.807, 2.05) is 25.1 Å². The molecule has 0 atom stereocenters. The lowest BCUT2D eigenvalue weighted by Gasteiger charge is -2.14. The van der Waals surface area contributed by atoms with Gasteiger partial charge < -0.3 is 9.15 Å². The minimum Gasteiger partial charge on any atom is -0.496 e. The summed E-state index contributed by atoms with van der Waals surface area (Å²) in [5, 5.41) is 0.